The highest BCUT2D eigenvalue weighted by Gasteiger charge is 2.37. The van der Waals surface area contributed by atoms with Gasteiger partial charge in [-0.15, -0.1) is 0 Å². The lowest BCUT2D eigenvalue weighted by atomic mass is 10.0. The third kappa shape index (κ3) is 7.38. The Morgan fingerprint density at radius 3 is 2.28 bits per heavy atom. The Kier molecular flexibility index (Phi) is 8.29. The van der Waals surface area contributed by atoms with Crippen LogP contribution in [0.5, 0.6) is 0 Å². The van der Waals surface area contributed by atoms with Gasteiger partial charge in [-0.2, -0.15) is 0 Å². The molecule has 25 heavy (non-hydrogen) atoms. The first kappa shape index (κ1) is 21.4. The molecule has 3 N–H and O–H groups in total. The first-order valence-corrected chi connectivity index (χ1v) is 9.89. The Labute approximate surface area is 147 Å². The predicted molar refractivity (Wildman–Crippen MR) is 94.0 cm³/mol. The molecule has 0 saturated carbocycles. The molecular formula is C17H26NO6P. The van der Waals surface area contributed by atoms with Gasteiger partial charge in [-0.1, -0.05) is 44.2 Å². The molecule has 0 aromatic heterocycles. The van der Waals surface area contributed by atoms with Gasteiger partial charge in [0.05, 0.1) is 6.61 Å². The molecule has 0 spiro atoms. The number of ether oxygens (including phenoxy) is 1. The van der Waals surface area contributed by atoms with Gasteiger partial charge in [0.25, 0.3) is 0 Å². The minimum atomic E-state index is -4.70. The number of amides is 1. The summed E-state index contributed by atoms with van der Waals surface area (Å²) in [6, 6.07) is 7.67. The van der Waals surface area contributed by atoms with E-state index >= 15 is 0 Å². The van der Waals surface area contributed by atoms with Crippen molar-refractivity contribution < 1.29 is 28.7 Å². The Morgan fingerprint density at radius 1 is 1.20 bits per heavy atom. The monoisotopic (exact) mass is 371 g/mol. The molecule has 0 aliphatic heterocycles. The van der Waals surface area contributed by atoms with Gasteiger partial charge in [0.2, 0.25) is 5.91 Å². The van der Waals surface area contributed by atoms with Gasteiger partial charge < -0.3 is 19.8 Å². The van der Waals surface area contributed by atoms with E-state index < -0.39 is 31.2 Å². The maximum atomic E-state index is 12.5. The SMILES string of the molecule is CCOC(=O)[C@H](CC(C)C)NC(=O)C(Cc1ccccc1)P(=O)(O)O. The van der Waals surface area contributed by atoms with Crippen molar-refractivity contribution in [1.82, 2.24) is 5.32 Å². The van der Waals surface area contributed by atoms with E-state index in [1.54, 1.807) is 37.3 Å². The van der Waals surface area contributed by atoms with E-state index in [0.29, 0.717) is 12.0 Å². The lowest BCUT2D eigenvalue weighted by Gasteiger charge is -2.23. The summed E-state index contributed by atoms with van der Waals surface area (Å²) in [5.41, 5.74) is -0.929. The molecule has 1 amide bonds. The van der Waals surface area contributed by atoms with Crippen LogP contribution in [-0.2, 0) is 25.3 Å². The van der Waals surface area contributed by atoms with Crippen molar-refractivity contribution >= 4 is 19.5 Å². The highest BCUT2D eigenvalue weighted by atomic mass is 31.2. The summed E-state index contributed by atoms with van der Waals surface area (Å²) in [5, 5.41) is 2.45. The molecular weight excluding hydrogens is 345 g/mol. The van der Waals surface area contributed by atoms with Crippen LogP contribution >= 0.6 is 7.60 Å². The number of hydrogen-bond acceptors (Lipinski definition) is 4. The van der Waals surface area contributed by atoms with E-state index in [2.05, 4.69) is 5.32 Å². The fraction of sp³-hybridized carbons (Fsp3) is 0.529. The maximum absolute atomic E-state index is 12.5. The number of carbonyl (C=O) groups is 2. The fourth-order valence-electron chi connectivity index (χ4n) is 2.40. The first-order chi connectivity index (χ1) is 11.6. The molecule has 1 unspecified atom stereocenters. The van der Waals surface area contributed by atoms with Crippen molar-refractivity contribution in [3.8, 4) is 0 Å². The molecule has 0 aliphatic carbocycles. The summed E-state index contributed by atoms with van der Waals surface area (Å²) < 4.78 is 16.7. The van der Waals surface area contributed by atoms with Gasteiger partial charge >= 0.3 is 13.6 Å². The largest absolute Gasteiger partial charge is 0.464 e. The van der Waals surface area contributed by atoms with Gasteiger partial charge in [0.15, 0.2) is 0 Å². The number of carbonyl (C=O) groups excluding carboxylic acids is 2. The summed E-state index contributed by atoms with van der Waals surface area (Å²) in [4.78, 5) is 43.7. The molecule has 8 heteroatoms. The minimum Gasteiger partial charge on any atom is -0.464 e. The van der Waals surface area contributed by atoms with Crippen LogP contribution in [0.25, 0.3) is 0 Å². The summed E-state index contributed by atoms with van der Waals surface area (Å²) >= 11 is 0. The van der Waals surface area contributed by atoms with E-state index in [-0.39, 0.29) is 18.9 Å². The van der Waals surface area contributed by atoms with Crippen molar-refractivity contribution in [3.05, 3.63) is 35.9 Å². The van der Waals surface area contributed by atoms with E-state index in [4.69, 9.17) is 4.74 Å². The van der Waals surface area contributed by atoms with Gasteiger partial charge in [-0.05, 0) is 31.2 Å². The fourth-order valence-corrected chi connectivity index (χ4v) is 3.23. The van der Waals surface area contributed by atoms with Crippen LogP contribution in [0, 0.1) is 5.92 Å². The molecule has 1 aromatic rings. The van der Waals surface area contributed by atoms with Gasteiger partial charge in [-0.25, -0.2) is 4.79 Å². The quantitative estimate of drug-likeness (QED) is 0.451. The Hall–Kier alpha value is -1.69. The summed E-state index contributed by atoms with van der Waals surface area (Å²) in [6.07, 6.45) is 0.206. The molecule has 0 radical (unpaired) electrons. The average Bonchev–Trinajstić information content (AvgIpc) is 2.51. The average molecular weight is 371 g/mol. The van der Waals surface area contributed by atoms with E-state index in [0.717, 1.165) is 0 Å². The number of rotatable bonds is 9. The zero-order valence-corrected chi connectivity index (χ0v) is 15.6. The van der Waals surface area contributed by atoms with Crippen LogP contribution in [0.3, 0.4) is 0 Å². The number of esters is 1. The van der Waals surface area contributed by atoms with Crippen LogP contribution in [0.1, 0.15) is 32.8 Å². The predicted octanol–water partition coefficient (Wildman–Crippen LogP) is 1.87. The maximum Gasteiger partial charge on any atom is 0.338 e. The molecule has 0 aliphatic rings. The second-order valence-electron chi connectivity index (χ2n) is 6.24. The van der Waals surface area contributed by atoms with Gasteiger partial charge in [0.1, 0.15) is 11.7 Å². The zero-order chi connectivity index (χ0) is 19.0. The smallest absolute Gasteiger partial charge is 0.338 e. The zero-order valence-electron chi connectivity index (χ0n) is 14.7. The molecule has 0 fully saturated rings. The summed E-state index contributed by atoms with van der Waals surface area (Å²) in [7, 11) is -4.70. The Balaban J connectivity index is 2.95. The van der Waals surface area contributed by atoms with Crippen LogP contribution in [0.2, 0.25) is 0 Å². The third-order valence-electron chi connectivity index (χ3n) is 3.58. The molecule has 7 nitrogen and oxygen atoms in total. The van der Waals surface area contributed by atoms with Crippen LogP contribution in [0.15, 0.2) is 30.3 Å². The van der Waals surface area contributed by atoms with Crippen molar-refractivity contribution in [1.29, 1.82) is 0 Å². The van der Waals surface area contributed by atoms with E-state index in [1.165, 1.54) is 0 Å². The van der Waals surface area contributed by atoms with E-state index in [9.17, 15) is 23.9 Å². The lowest BCUT2D eigenvalue weighted by molar-refractivity contribution is -0.147. The number of hydrogen-bond donors (Lipinski definition) is 3. The van der Waals surface area contributed by atoms with Gasteiger partial charge in [-0.3, -0.25) is 9.36 Å². The normalized spacial score (nSPS) is 14.0. The second-order valence-corrected chi connectivity index (χ2v) is 8.04. The van der Waals surface area contributed by atoms with Crippen LogP contribution in [-0.4, -0.2) is 40.0 Å². The van der Waals surface area contributed by atoms with Crippen LogP contribution in [0.4, 0.5) is 0 Å². The summed E-state index contributed by atoms with van der Waals surface area (Å²) in [6.45, 7) is 5.57. The van der Waals surface area contributed by atoms with Crippen molar-refractivity contribution in [2.45, 2.75) is 45.3 Å². The summed E-state index contributed by atoms with van der Waals surface area (Å²) in [5.74, 6) is -1.36. The molecule has 2 atom stereocenters. The Morgan fingerprint density at radius 2 is 1.80 bits per heavy atom. The van der Waals surface area contributed by atoms with E-state index in [1.807, 2.05) is 13.8 Å². The Bertz CT molecular complexity index is 613. The lowest BCUT2D eigenvalue weighted by Crippen LogP contribution is -2.47. The molecule has 0 bridgehead atoms. The number of nitrogens with one attached hydrogen (secondary N) is 1. The molecule has 1 aromatic carbocycles. The van der Waals surface area contributed by atoms with Crippen molar-refractivity contribution in [3.63, 3.8) is 0 Å². The minimum absolute atomic E-state index is 0.0948. The van der Waals surface area contributed by atoms with Crippen molar-refractivity contribution in [2.75, 3.05) is 6.61 Å². The molecule has 0 heterocycles. The molecule has 1 rings (SSSR count). The molecule has 0 saturated heterocycles. The highest BCUT2D eigenvalue weighted by Crippen LogP contribution is 2.43. The van der Waals surface area contributed by atoms with Crippen LogP contribution < -0.4 is 5.32 Å². The second kappa shape index (κ2) is 9.70. The number of benzene rings is 1. The topological polar surface area (TPSA) is 113 Å². The molecule has 140 valence electrons. The van der Waals surface area contributed by atoms with Gasteiger partial charge in [0, 0.05) is 0 Å². The first-order valence-electron chi connectivity index (χ1n) is 8.21. The third-order valence-corrected chi connectivity index (χ3v) is 4.80. The highest BCUT2D eigenvalue weighted by molar-refractivity contribution is 7.53. The van der Waals surface area contributed by atoms with Crippen molar-refractivity contribution in [2.24, 2.45) is 5.92 Å². The standard InChI is InChI=1S/C17H26NO6P/c1-4-24-17(20)14(10-12(2)3)18-16(19)15(25(21,22)23)11-13-8-6-5-7-9-13/h5-9,12,14-15H,4,10-11H2,1-3H3,(H,18,19)(H2,21,22,23)/t14-,15?/m0/s1.